The molecule has 0 aromatic heterocycles. The molecule has 0 saturated heterocycles. The van der Waals surface area contributed by atoms with Gasteiger partial charge in [0.05, 0.1) is 0 Å². The first kappa shape index (κ1) is 11.5. The van der Waals surface area contributed by atoms with Gasteiger partial charge in [-0.25, -0.2) is 0 Å². The van der Waals surface area contributed by atoms with Crippen molar-refractivity contribution in [1.82, 2.24) is 0 Å². The average Bonchev–Trinajstić information content (AvgIpc) is 2.14. The Balaban J connectivity index is 4.54. The Kier molecular flexibility index (Phi) is 6.32. The molecule has 0 atom stereocenters. The van der Waals surface area contributed by atoms with Crippen molar-refractivity contribution in [2.24, 2.45) is 10.9 Å². The lowest BCUT2D eigenvalue weighted by Gasteiger charge is -1.99. The third-order valence-electron chi connectivity index (χ3n) is 1.23. The molecule has 72 valence electrons. The van der Waals surface area contributed by atoms with E-state index in [9.17, 15) is 0 Å². The maximum atomic E-state index is 5.63. The molecule has 3 nitrogen and oxygen atoms in total. The van der Waals surface area contributed by atoms with Crippen LogP contribution in [0.3, 0.4) is 0 Å². The molecule has 13 heavy (non-hydrogen) atoms. The minimum Gasteiger partial charge on any atom is -0.394 e. The maximum absolute atomic E-state index is 5.63. The van der Waals surface area contributed by atoms with Gasteiger partial charge in [-0.15, -0.1) is 0 Å². The highest BCUT2D eigenvalue weighted by Gasteiger charge is 1.96. The van der Waals surface area contributed by atoms with Crippen LogP contribution in [-0.4, -0.2) is 12.4 Å². The molecule has 2 N–H and O–H groups in total. The quantitative estimate of drug-likeness (QED) is 0.304. The minimum atomic E-state index is 0.361. The lowest BCUT2D eigenvalue weighted by molar-refractivity contribution is 0.158. The van der Waals surface area contributed by atoms with Crippen molar-refractivity contribution in [2.75, 3.05) is 6.61 Å². The molecule has 0 aliphatic rings. The highest BCUT2D eigenvalue weighted by atomic mass is 16.6. The highest BCUT2D eigenvalue weighted by molar-refractivity contribution is 5.99. The van der Waals surface area contributed by atoms with Gasteiger partial charge in [-0.05, 0) is 13.8 Å². The van der Waals surface area contributed by atoms with Gasteiger partial charge in [0, 0.05) is 5.57 Å². The van der Waals surface area contributed by atoms with Gasteiger partial charge in [-0.3, -0.25) is 0 Å². The van der Waals surface area contributed by atoms with Crippen LogP contribution in [-0.2, 0) is 4.84 Å². The summed E-state index contributed by atoms with van der Waals surface area (Å²) in [7, 11) is 0. The van der Waals surface area contributed by atoms with Crippen LogP contribution in [0.25, 0.3) is 0 Å². The van der Waals surface area contributed by atoms with E-state index in [1.807, 2.05) is 26.0 Å². The number of nitrogens with zero attached hydrogens (tertiary/aromatic N) is 1. The van der Waals surface area contributed by atoms with Gasteiger partial charge in [0.15, 0.2) is 5.84 Å². The molecule has 0 heterocycles. The van der Waals surface area contributed by atoms with Crippen LogP contribution >= 0.6 is 0 Å². The van der Waals surface area contributed by atoms with E-state index in [1.54, 1.807) is 12.2 Å². The fourth-order valence-electron chi connectivity index (χ4n) is 0.720. The molecule has 0 fully saturated rings. The van der Waals surface area contributed by atoms with E-state index in [2.05, 4.69) is 11.7 Å². The lowest BCUT2D eigenvalue weighted by atomic mass is 10.2. The van der Waals surface area contributed by atoms with Gasteiger partial charge < -0.3 is 10.6 Å². The normalized spacial score (nSPS) is 13.4. The van der Waals surface area contributed by atoms with Gasteiger partial charge in [-0.2, -0.15) is 0 Å². The Morgan fingerprint density at radius 3 is 2.77 bits per heavy atom. The molecule has 0 rings (SSSR count). The monoisotopic (exact) mass is 180 g/mol. The fraction of sp³-hybridized carbons (Fsp3) is 0.300. The summed E-state index contributed by atoms with van der Waals surface area (Å²) < 4.78 is 0. The van der Waals surface area contributed by atoms with Gasteiger partial charge in [0.2, 0.25) is 0 Å². The molecule has 0 spiro atoms. The molecule has 0 aromatic rings. The summed E-state index contributed by atoms with van der Waals surface area (Å²) in [5, 5.41) is 3.71. The van der Waals surface area contributed by atoms with Crippen LogP contribution < -0.4 is 5.73 Å². The summed E-state index contributed by atoms with van der Waals surface area (Å²) in [6.45, 7) is 7.85. The second-order valence-corrected chi connectivity index (χ2v) is 2.25. The first-order valence-electron chi connectivity index (χ1n) is 4.17. The Bertz CT molecular complexity index is 239. The van der Waals surface area contributed by atoms with Crippen molar-refractivity contribution in [1.29, 1.82) is 0 Å². The third-order valence-corrected chi connectivity index (χ3v) is 1.23. The number of rotatable bonds is 5. The smallest absolute Gasteiger partial charge is 0.170 e. The number of amidine groups is 1. The Labute approximate surface area is 79.3 Å². The molecule has 0 aliphatic heterocycles. The van der Waals surface area contributed by atoms with E-state index < -0.39 is 0 Å². The second-order valence-electron chi connectivity index (χ2n) is 2.25. The zero-order valence-electron chi connectivity index (χ0n) is 8.16. The highest BCUT2D eigenvalue weighted by Crippen LogP contribution is 1.98. The van der Waals surface area contributed by atoms with Crippen molar-refractivity contribution in [3.63, 3.8) is 0 Å². The molecule has 0 aromatic carbocycles. The van der Waals surface area contributed by atoms with Crippen LogP contribution in [0, 0.1) is 0 Å². The number of allylic oxidation sites excluding steroid dienone is 3. The molecule has 0 aliphatic carbocycles. The van der Waals surface area contributed by atoms with Crippen LogP contribution in [0.5, 0.6) is 0 Å². The van der Waals surface area contributed by atoms with Gasteiger partial charge >= 0.3 is 0 Å². The van der Waals surface area contributed by atoms with E-state index in [4.69, 9.17) is 10.6 Å². The number of hydrogen-bond acceptors (Lipinski definition) is 2. The first-order valence-corrected chi connectivity index (χ1v) is 4.17. The third kappa shape index (κ3) is 4.85. The topological polar surface area (TPSA) is 47.6 Å². The largest absolute Gasteiger partial charge is 0.394 e. The molecule has 0 amide bonds. The van der Waals surface area contributed by atoms with Crippen LogP contribution in [0.1, 0.15) is 13.8 Å². The van der Waals surface area contributed by atoms with Gasteiger partial charge in [-0.1, -0.05) is 36.0 Å². The SMILES string of the molecule is C=C/C=C(\C=C/C)C(/N)=N/OCC. The van der Waals surface area contributed by atoms with Crippen molar-refractivity contribution in [3.05, 3.63) is 36.5 Å². The molecule has 0 unspecified atom stereocenters. The first-order chi connectivity index (χ1) is 6.26. The predicted octanol–water partition coefficient (Wildman–Crippen LogP) is 1.98. The molecular formula is C10H16N2O. The minimum absolute atomic E-state index is 0.361. The zero-order valence-corrected chi connectivity index (χ0v) is 8.16. The molecule has 3 heteroatoms. The zero-order chi connectivity index (χ0) is 10.1. The van der Waals surface area contributed by atoms with Crippen LogP contribution in [0.4, 0.5) is 0 Å². The van der Waals surface area contributed by atoms with E-state index in [0.717, 1.165) is 5.57 Å². The molecule has 0 bridgehead atoms. The summed E-state index contributed by atoms with van der Waals surface area (Å²) in [5.74, 6) is 0.361. The Hall–Kier alpha value is -1.51. The maximum Gasteiger partial charge on any atom is 0.170 e. The van der Waals surface area contributed by atoms with E-state index in [1.165, 1.54) is 0 Å². The van der Waals surface area contributed by atoms with Crippen molar-refractivity contribution in [3.8, 4) is 0 Å². The Morgan fingerprint density at radius 1 is 1.62 bits per heavy atom. The average molecular weight is 180 g/mol. The molecular weight excluding hydrogens is 164 g/mol. The number of hydrogen-bond donors (Lipinski definition) is 1. The van der Waals surface area contributed by atoms with E-state index >= 15 is 0 Å². The van der Waals surface area contributed by atoms with Crippen molar-refractivity contribution in [2.45, 2.75) is 13.8 Å². The lowest BCUT2D eigenvalue weighted by Crippen LogP contribution is -2.14. The Morgan fingerprint density at radius 2 is 2.31 bits per heavy atom. The van der Waals surface area contributed by atoms with Crippen LogP contribution in [0.2, 0.25) is 0 Å². The number of oxime groups is 1. The van der Waals surface area contributed by atoms with Gasteiger partial charge in [0.25, 0.3) is 0 Å². The van der Waals surface area contributed by atoms with Crippen LogP contribution in [0.15, 0.2) is 41.6 Å². The van der Waals surface area contributed by atoms with E-state index in [0.29, 0.717) is 12.4 Å². The van der Waals surface area contributed by atoms with Gasteiger partial charge in [0.1, 0.15) is 6.61 Å². The summed E-state index contributed by atoms with van der Waals surface area (Å²) in [6, 6.07) is 0. The van der Waals surface area contributed by atoms with E-state index in [-0.39, 0.29) is 0 Å². The standard InChI is InChI=1S/C10H16N2O/c1-4-7-9(8-5-2)10(11)12-13-6-3/h4-5,7-8H,1,6H2,2-3H3,(H2,11,12)/b8-5-,9-7+. The predicted molar refractivity (Wildman–Crippen MR) is 56.3 cm³/mol. The second kappa shape index (κ2) is 7.16. The summed E-state index contributed by atoms with van der Waals surface area (Å²) in [6.07, 6.45) is 7.16. The summed E-state index contributed by atoms with van der Waals surface area (Å²) >= 11 is 0. The van der Waals surface area contributed by atoms with Crippen molar-refractivity contribution >= 4 is 5.84 Å². The summed E-state index contributed by atoms with van der Waals surface area (Å²) in [4.78, 5) is 4.82. The number of nitrogens with two attached hydrogens (primary N) is 1. The van der Waals surface area contributed by atoms with Crippen molar-refractivity contribution < 1.29 is 4.84 Å². The fourth-order valence-corrected chi connectivity index (χ4v) is 0.720. The summed E-state index contributed by atoms with van der Waals surface area (Å²) in [5.41, 5.74) is 6.43. The molecule has 0 radical (unpaired) electrons. The molecule has 0 saturated carbocycles.